The van der Waals surface area contributed by atoms with E-state index in [-0.39, 0.29) is 108 Å². The van der Waals surface area contributed by atoms with Crippen LogP contribution in [-0.4, -0.2) is 62.6 Å². The van der Waals surface area contributed by atoms with Crippen molar-refractivity contribution in [3.05, 3.63) is 0 Å². The molecule has 0 saturated carbocycles. The van der Waals surface area contributed by atoms with Crippen LogP contribution in [0.15, 0.2) is 0 Å². The third-order valence-corrected chi connectivity index (χ3v) is 0. The monoisotopic (exact) mass is 320 g/mol. The van der Waals surface area contributed by atoms with Gasteiger partial charge in [-0.25, -0.2) is 0 Å². The van der Waals surface area contributed by atoms with Crippen molar-refractivity contribution < 1.29 is 122 Å². The fourth-order valence-corrected chi connectivity index (χ4v) is 0. The molecule has 0 rings (SSSR count). The second-order valence-corrected chi connectivity index (χ2v) is 2.45. The van der Waals surface area contributed by atoms with E-state index < -0.39 is 9.05 Å². The maximum Gasteiger partial charge on any atom is 1.00 e. The molecule has 18 N–H and O–H groups in total. The molecule has 0 bridgehead atoms. The Labute approximate surface area is 140 Å². The Morgan fingerprint density at radius 1 is 0.625 bits per heavy atom. The molecule has 0 heterocycles. The maximum absolute atomic E-state index is 8.89. The van der Waals surface area contributed by atoms with E-state index in [0.717, 1.165) is 0 Å². The smallest absolute Gasteiger partial charge is 0.780 e. The molecule has 0 saturated heterocycles. The van der Waals surface area contributed by atoms with Crippen LogP contribution in [0.2, 0.25) is 0 Å². The van der Waals surface area contributed by atoms with Crippen LogP contribution in [0.25, 0.3) is 0 Å². The predicted molar refractivity (Wildman–Crippen MR) is 49.6 cm³/mol. The summed E-state index contributed by atoms with van der Waals surface area (Å²) in [4.78, 5) is 0. The van der Waals surface area contributed by atoms with Crippen LogP contribution in [-0.2, 0) is 20.2 Å². The van der Waals surface area contributed by atoms with Crippen molar-refractivity contribution >= 4 is 20.2 Å². The second kappa shape index (κ2) is 68.3. The third kappa shape index (κ3) is 953. The standard InChI is InChI=1S/2Na.H2O3S2.9H2O/c;;1-5(2,3)4;;;;;;;;;/h;;(H2,1,2,3,4);9*1H2/q2*+1;;;;;;;;;;/p-2. The zero-order chi connectivity index (χ0) is 4.50. The first-order valence-electron chi connectivity index (χ1n) is 0.667. The maximum atomic E-state index is 8.89. The Balaban J connectivity index is -0.00000000145. The van der Waals surface area contributed by atoms with E-state index in [9.17, 15) is 0 Å². The summed E-state index contributed by atoms with van der Waals surface area (Å²) < 4.78 is 26.7. The summed E-state index contributed by atoms with van der Waals surface area (Å²) in [5.41, 5.74) is 0. The van der Waals surface area contributed by atoms with E-state index >= 15 is 0 Å². The van der Waals surface area contributed by atoms with Gasteiger partial charge in [0.2, 0.25) is 0 Å². The minimum Gasteiger partial charge on any atom is -0.780 e. The number of rotatable bonds is 0. The topological polar surface area (TPSA) is 347 Å². The molecule has 16 heavy (non-hydrogen) atoms. The van der Waals surface area contributed by atoms with Gasteiger partial charge in [-0.3, -0.25) is 4.21 Å². The molecule has 0 atom stereocenters. The molecule has 0 fully saturated rings. The van der Waals surface area contributed by atoms with E-state index in [2.05, 4.69) is 11.2 Å². The van der Waals surface area contributed by atoms with Crippen molar-refractivity contribution in [2.45, 2.75) is 0 Å². The van der Waals surface area contributed by atoms with Gasteiger partial charge in [-0.2, -0.15) is 0 Å². The summed E-state index contributed by atoms with van der Waals surface area (Å²) in [5, 5.41) is 0. The summed E-state index contributed by atoms with van der Waals surface area (Å²) in [6.45, 7) is 0. The Hall–Kier alpha value is 1.93. The van der Waals surface area contributed by atoms with Crippen molar-refractivity contribution in [3.63, 3.8) is 0 Å². The van der Waals surface area contributed by atoms with Gasteiger partial charge in [0.25, 0.3) is 0 Å². The first-order valence-corrected chi connectivity index (χ1v) is 3.00. The molecule has 0 aliphatic carbocycles. The third-order valence-electron chi connectivity index (χ3n) is 0. The fraction of sp³-hybridized carbons (Fsp3) is 0. The Kier molecular flexibility index (Phi) is 624. The van der Waals surface area contributed by atoms with E-state index in [1.807, 2.05) is 0 Å². The molecule has 0 aromatic heterocycles. The zero-order valence-corrected chi connectivity index (χ0v) is 14.2. The molecule has 16 heteroatoms. The number of hydrogen-bond acceptors (Lipinski definition) is 4. The summed E-state index contributed by atoms with van der Waals surface area (Å²) in [6.07, 6.45) is 0. The molecule has 0 aromatic carbocycles. The second-order valence-electron chi connectivity index (χ2n) is 0.408. The minimum atomic E-state index is -4.33. The van der Waals surface area contributed by atoms with E-state index in [1.165, 1.54) is 0 Å². The van der Waals surface area contributed by atoms with Gasteiger partial charge >= 0.3 is 59.1 Å². The van der Waals surface area contributed by atoms with Crippen LogP contribution in [0, 0.1) is 0 Å². The van der Waals surface area contributed by atoms with Crippen molar-refractivity contribution in [1.29, 1.82) is 0 Å². The number of hydrogen-bond donors (Lipinski definition) is 0. The molecule has 104 valence electrons. The van der Waals surface area contributed by atoms with E-state index in [1.54, 1.807) is 0 Å². The Morgan fingerprint density at radius 3 is 0.625 bits per heavy atom. The van der Waals surface area contributed by atoms with Gasteiger partial charge in [0.15, 0.2) is 0 Å². The van der Waals surface area contributed by atoms with Crippen LogP contribution >= 0.6 is 0 Å². The van der Waals surface area contributed by atoms with Crippen molar-refractivity contribution in [3.8, 4) is 0 Å². The molecule has 0 aromatic rings. The first-order chi connectivity index (χ1) is 2.00. The molecule has 12 nitrogen and oxygen atoms in total. The van der Waals surface area contributed by atoms with Crippen LogP contribution in [0.5, 0.6) is 0 Å². The first kappa shape index (κ1) is 146. The van der Waals surface area contributed by atoms with E-state index in [4.69, 9.17) is 13.3 Å². The van der Waals surface area contributed by atoms with Crippen LogP contribution in [0.1, 0.15) is 0 Å². The van der Waals surface area contributed by atoms with Gasteiger partial charge in [0.1, 0.15) is 0 Å². The molecular formula is H18Na2O12S2. The molecule has 0 amide bonds. The molecule has 0 aliphatic heterocycles. The largest absolute Gasteiger partial charge is 1.00 e. The summed E-state index contributed by atoms with van der Waals surface area (Å²) in [6, 6.07) is 0. The Morgan fingerprint density at radius 2 is 0.625 bits per heavy atom. The van der Waals surface area contributed by atoms with Gasteiger partial charge < -0.3 is 58.4 Å². The molecule has 0 unspecified atom stereocenters. The average molecular weight is 320 g/mol. The quantitative estimate of drug-likeness (QED) is 0.391. The van der Waals surface area contributed by atoms with Crippen molar-refractivity contribution in [2.75, 3.05) is 0 Å². The normalized spacial score (nSPS) is 3.62. The van der Waals surface area contributed by atoms with Crippen molar-refractivity contribution in [2.24, 2.45) is 0 Å². The molecule has 0 spiro atoms. The molecular weight excluding hydrogens is 302 g/mol. The molecule has 0 radical (unpaired) electrons. The van der Waals surface area contributed by atoms with Crippen molar-refractivity contribution in [1.82, 2.24) is 0 Å². The molecule has 0 aliphatic rings. The average Bonchev–Trinajstić information content (AvgIpc) is 0.722. The van der Waals surface area contributed by atoms with Gasteiger partial charge in [0, 0.05) is 0 Å². The summed E-state index contributed by atoms with van der Waals surface area (Å²) >= 11 is 3.24. The van der Waals surface area contributed by atoms with Gasteiger partial charge in [-0.15, -0.1) is 9.05 Å². The minimum absolute atomic E-state index is 0. The Bertz CT molecular complexity index is 100. The van der Waals surface area contributed by atoms with Gasteiger partial charge in [-0.05, 0) is 11.2 Å². The van der Waals surface area contributed by atoms with Crippen LogP contribution in [0.3, 0.4) is 0 Å². The SMILES string of the molecule is O.O.O.O.O.O.O.O.O.O=S([O-])([O-])=S.[Na+].[Na+]. The summed E-state index contributed by atoms with van der Waals surface area (Å²) in [7, 11) is -4.33. The van der Waals surface area contributed by atoms with Crippen LogP contribution < -0.4 is 59.1 Å². The van der Waals surface area contributed by atoms with Gasteiger partial charge in [0.05, 0.1) is 0 Å². The predicted octanol–water partition coefficient (Wildman–Crippen LogP) is -14.4. The van der Waals surface area contributed by atoms with Gasteiger partial charge in [-0.1, -0.05) is 0 Å². The summed E-state index contributed by atoms with van der Waals surface area (Å²) in [5.74, 6) is 0. The van der Waals surface area contributed by atoms with Crippen LogP contribution in [0.4, 0.5) is 0 Å². The zero-order valence-electron chi connectivity index (χ0n) is 8.54. The van der Waals surface area contributed by atoms with E-state index in [0.29, 0.717) is 0 Å². The fourth-order valence-electron chi connectivity index (χ4n) is 0.